The Balaban J connectivity index is 2.80. The molecule has 1 aromatic heterocycles. The summed E-state index contributed by atoms with van der Waals surface area (Å²) in [7, 11) is 0. The summed E-state index contributed by atoms with van der Waals surface area (Å²) in [6.07, 6.45) is 0.688. The third-order valence-electron chi connectivity index (χ3n) is 2.41. The molecule has 0 aliphatic carbocycles. The Kier molecular flexibility index (Phi) is 2.52. The normalized spacial score (nSPS) is 10.8. The van der Waals surface area contributed by atoms with Crippen LogP contribution in [0.2, 0.25) is 0 Å². The number of rotatable bonds is 2. The van der Waals surface area contributed by atoms with Gasteiger partial charge in [0.1, 0.15) is 0 Å². The number of aromatic carboxylic acids is 1. The van der Waals surface area contributed by atoms with Gasteiger partial charge in [-0.05, 0) is 18.6 Å². The molecular formula is C11H10BrNO2. The Morgan fingerprint density at radius 2 is 2.27 bits per heavy atom. The third kappa shape index (κ3) is 1.65. The zero-order chi connectivity index (χ0) is 11.0. The average Bonchev–Trinajstić information content (AvgIpc) is 2.54. The summed E-state index contributed by atoms with van der Waals surface area (Å²) < 4.78 is 0.941. The van der Waals surface area contributed by atoms with Gasteiger partial charge in [-0.15, -0.1) is 0 Å². The maximum Gasteiger partial charge on any atom is 0.338 e. The molecule has 15 heavy (non-hydrogen) atoms. The Morgan fingerprint density at radius 1 is 1.53 bits per heavy atom. The molecule has 1 aromatic carbocycles. The van der Waals surface area contributed by atoms with Crippen LogP contribution in [0.3, 0.4) is 0 Å². The van der Waals surface area contributed by atoms with Gasteiger partial charge in [0.15, 0.2) is 0 Å². The quantitative estimate of drug-likeness (QED) is 0.878. The van der Waals surface area contributed by atoms with Gasteiger partial charge in [0.05, 0.1) is 5.56 Å². The van der Waals surface area contributed by atoms with Crippen LogP contribution in [0, 0.1) is 0 Å². The first-order valence-corrected chi connectivity index (χ1v) is 5.46. The van der Waals surface area contributed by atoms with E-state index in [4.69, 9.17) is 5.11 Å². The molecule has 0 fully saturated rings. The smallest absolute Gasteiger partial charge is 0.338 e. The molecule has 78 valence electrons. The summed E-state index contributed by atoms with van der Waals surface area (Å²) in [6, 6.07) is 5.56. The van der Waals surface area contributed by atoms with E-state index in [1.165, 1.54) is 0 Å². The molecule has 2 rings (SSSR count). The van der Waals surface area contributed by atoms with E-state index < -0.39 is 5.97 Å². The lowest BCUT2D eigenvalue weighted by molar-refractivity contribution is 0.0698. The third-order valence-corrected chi connectivity index (χ3v) is 2.90. The van der Waals surface area contributed by atoms with Crippen molar-refractivity contribution in [2.75, 3.05) is 0 Å². The fourth-order valence-corrected chi connectivity index (χ4v) is 2.10. The van der Waals surface area contributed by atoms with E-state index in [1.54, 1.807) is 0 Å². The monoisotopic (exact) mass is 267 g/mol. The fourth-order valence-electron chi connectivity index (χ4n) is 1.73. The van der Waals surface area contributed by atoms with Crippen molar-refractivity contribution in [3.8, 4) is 0 Å². The number of aromatic amines is 1. The van der Waals surface area contributed by atoms with Crippen LogP contribution < -0.4 is 0 Å². The van der Waals surface area contributed by atoms with Gasteiger partial charge in [0.25, 0.3) is 0 Å². The second kappa shape index (κ2) is 3.70. The van der Waals surface area contributed by atoms with Crippen molar-refractivity contribution >= 4 is 32.8 Å². The van der Waals surface area contributed by atoms with Crippen LogP contribution in [0.15, 0.2) is 22.7 Å². The largest absolute Gasteiger partial charge is 0.478 e. The summed E-state index contributed by atoms with van der Waals surface area (Å²) in [5.41, 5.74) is 2.02. The van der Waals surface area contributed by atoms with Crippen molar-refractivity contribution in [1.82, 2.24) is 4.98 Å². The number of nitrogens with one attached hydrogen (secondary N) is 1. The van der Waals surface area contributed by atoms with E-state index in [0.717, 1.165) is 21.1 Å². The molecule has 2 N–H and O–H groups in total. The Labute approximate surface area is 95.2 Å². The summed E-state index contributed by atoms with van der Waals surface area (Å²) >= 11 is 3.36. The molecule has 0 atom stereocenters. The number of carboxylic acid groups (broad SMARTS) is 1. The summed E-state index contributed by atoms with van der Waals surface area (Å²) in [4.78, 5) is 14.2. The van der Waals surface area contributed by atoms with Crippen LogP contribution in [0.5, 0.6) is 0 Å². The van der Waals surface area contributed by atoms with Gasteiger partial charge >= 0.3 is 5.97 Å². The Morgan fingerprint density at radius 3 is 2.87 bits per heavy atom. The topological polar surface area (TPSA) is 53.1 Å². The number of hydrogen-bond donors (Lipinski definition) is 2. The van der Waals surface area contributed by atoms with Crippen molar-refractivity contribution in [3.05, 3.63) is 33.9 Å². The average molecular weight is 268 g/mol. The van der Waals surface area contributed by atoms with Crippen molar-refractivity contribution in [2.24, 2.45) is 0 Å². The van der Waals surface area contributed by atoms with Gasteiger partial charge in [-0.1, -0.05) is 28.9 Å². The molecule has 0 saturated heterocycles. The predicted molar refractivity (Wildman–Crippen MR) is 62.3 cm³/mol. The minimum atomic E-state index is -0.875. The van der Waals surface area contributed by atoms with Crippen LogP contribution in [0.1, 0.15) is 23.0 Å². The first-order valence-electron chi connectivity index (χ1n) is 4.67. The van der Waals surface area contributed by atoms with E-state index in [0.29, 0.717) is 12.0 Å². The van der Waals surface area contributed by atoms with Crippen LogP contribution in [-0.4, -0.2) is 16.1 Å². The van der Waals surface area contributed by atoms with Crippen LogP contribution >= 0.6 is 15.9 Å². The first kappa shape index (κ1) is 10.2. The Hall–Kier alpha value is -1.29. The van der Waals surface area contributed by atoms with Crippen LogP contribution in [0.25, 0.3) is 10.9 Å². The van der Waals surface area contributed by atoms with Crippen molar-refractivity contribution in [2.45, 2.75) is 13.3 Å². The Bertz CT molecular complexity index is 531. The van der Waals surface area contributed by atoms with E-state index in [9.17, 15) is 4.79 Å². The molecule has 0 unspecified atom stereocenters. The molecule has 0 aliphatic heterocycles. The molecule has 4 heteroatoms. The van der Waals surface area contributed by atoms with Gasteiger partial charge in [0.2, 0.25) is 0 Å². The molecule has 1 heterocycles. The van der Waals surface area contributed by atoms with Gasteiger partial charge in [-0.2, -0.15) is 0 Å². The SMILES string of the molecule is CCc1[nH]c2cc(Br)ccc2c1C(=O)O. The number of hydrogen-bond acceptors (Lipinski definition) is 1. The molecule has 0 bridgehead atoms. The molecule has 0 spiro atoms. The number of carboxylic acids is 1. The highest BCUT2D eigenvalue weighted by Crippen LogP contribution is 2.25. The van der Waals surface area contributed by atoms with Gasteiger partial charge in [-0.3, -0.25) is 0 Å². The number of aromatic nitrogens is 1. The van der Waals surface area contributed by atoms with E-state index >= 15 is 0 Å². The van der Waals surface area contributed by atoms with Gasteiger partial charge < -0.3 is 10.1 Å². The van der Waals surface area contributed by atoms with Gasteiger partial charge in [0, 0.05) is 21.1 Å². The maximum atomic E-state index is 11.1. The van der Waals surface area contributed by atoms with E-state index in [2.05, 4.69) is 20.9 Å². The fraction of sp³-hybridized carbons (Fsp3) is 0.182. The van der Waals surface area contributed by atoms with Crippen molar-refractivity contribution in [3.63, 3.8) is 0 Å². The number of aryl methyl sites for hydroxylation is 1. The molecule has 2 aromatic rings. The lowest BCUT2D eigenvalue weighted by Gasteiger charge is -1.95. The standard InChI is InChI=1S/C11H10BrNO2/c1-2-8-10(11(14)15)7-4-3-6(12)5-9(7)13-8/h3-5,13H,2H2,1H3,(H,14,15). The number of benzene rings is 1. The summed E-state index contributed by atoms with van der Waals surface area (Å²) in [5.74, 6) is -0.875. The number of H-pyrrole nitrogens is 1. The minimum absolute atomic E-state index is 0.389. The zero-order valence-corrected chi connectivity index (χ0v) is 9.76. The minimum Gasteiger partial charge on any atom is -0.478 e. The molecular weight excluding hydrogens is 258 g/mol. The highest BCUT2D eigenvalue weighted by molar-refractivity contribution is 9.10. The maximum absolute atomic E-state index is 11.1. The van der Waals surface area contributed by atoms with E-state index in [1.807, 2.05) is 25.1 Å². The first-order chi connectivity index (χ1) is 7.13. The molecule has 0 saturated carbocycles. The van der Waals surface area contributed by atoms with Gasteiger partial charge in [-0.25, -0.2) is 4.79 Å². The lowest BCUT2D eigenvalue weighted by Crippen LogP contribution is -1.99. The highest BCUT2D eigenvalue weighted by atomic mass is 79.9. The number of halogens is 1. The number of carbonyl (C=O) groups is 1. The predicted octanol–water partition coefficient (Wildman–Crippen LogP) is 3.19. The second-order valence-corrected chi connectivity index (χ2v) is 4.24. The second-order valence-electron chi connectivity index (χ2n) is 3.33. The molecule has 0 amide bonds. The summed E-state index contributed by atoms with van der Waals surface area (Å²) in [5, 5.41) is 9.89. The van der Waals surface area contributed by atoms with Crippen molar-refractivity contribution < 1.29 is 9.90 Å². The van der Waals surface area contributed by atoms with Crippen LogP contribution in [0.4, 0.5) is 0 Å². The highest BCUT2D eigenvalue weighted by Gasteiger charge is 2.16. The molecule has 0 radical (unpaired) electrons. The summed E-state index contributed by atoms with van der Waals surface area (Å²) in [6.45, 7) is 1.94. The molecule has 3 nitrogen and oxygen atoms in total. The van der Waals surface area contributed by atoms with Crippen LogP contribution in [-0.2, 0) is 6.42 Å². The molecule has 0 aliphatic rings. The number of fused-ring (bicyclic) bond motifs is 1. The van der Waals surface area contributed by atoms with E-state index in [-0.39, 0.29) is 0 Å². The zero-order valence-electron chi connectivity index (χ0n) is 8.17. The lowest BCUT2D eigenvalue weighted by atomic mass is 10.1. The van der Waals surface area contributed by atoms with Crippen molar-refractivity contribution in [1.29, 1.82) is 0 Å².